The fourth-order valence-corrected chi connectivity index (χ4v) is 2.77. The van der Waals surface area contributed by atoms with Crippen molar-refractivity contribution in [1.82, 2.24) is 9.80 Å². The predicted octanol–water partition coefficient (Wildman–Crippen LogP) is 1.58. The SMILES string of the molecule is CN1CCN(C(=O)CC(N)c2ccccc2)C(C)(C)C1=O.Cl. The maximum atomic E-state index is 12.5. The molecule has 1 heterocycles. The van der Waals surface area contributed by atoms with Crippen molar-refractivity contribution in [1.29, 1.82) is 0 Å². The lowest BCUT2D eigenvalue weighted by Gasteiger charge is -2.45. The Hall–Kier alpha value is -1.59. The van der Waals surface area contributed by atoms with Gasteiger partial charge in [-0.2, -0.15) is 0 Å². The van der Waals surface area contributed by atoms with Crippen LogP contribution in [0.2, 0.25) is 0 Å². The van der Waals surface area contributed by atoms with Gasteiger partial charge >= 0.3 is 0 Å². The van der Waals surface area contributed by atoms with Crippen LogP contribution in [-0.4, -0.2) is 47.3 Å². The zero-order chi connectivity index (χ0) is 15.6. The smallest absolute Gasteiger partial charge is 0.247 e. The summed E-state index contributed by atoms with van der Waals surface area (Å²) < 4.78 is 0. The van der Waals surface area contributed by atoms with Crippen molar-refractivity contribution in [3.8, 4) is 0 Å². The van der Waals surface area contributed by atoms with E-state index >= 15 is 0 Å². The lowest BCUT2D eigenvalue weighted by Crippen LogP contribution is -2.63. The standard InChI is InChI=1S/C16H23N3O2.ClH/c1-16(2)15(21)18(3)9-10-19(16)14(20)11-13(17)12-7-5-4-6-8-12;/h4-8,13H,9-11,17H2,1-3H3;1H. The molecule has 5 nitrogen and oxygen atoms in total. The van der Waals surface area contributed by atoms with Crippen LogP contribution >= 0.6 is 12.4 Å². The van der Waals surface area contributed by atoms with E-state index in [1.807, 2.05) is 30.3 Å². The topological polar surface area (TPSA) is 66.6 Å². The van der Waals surface area contributed by atoms with Crippen LogP contribution in [-0.2, 0) is 9.59 Å². The van der Waals surface area contributed by atoms with E-state index in [2.05, 4.69) is 0 Å². The largest absolute Gasteiger partial charge is 0.342 e. The number of carbonyl (C=O) groups excluding carboxylic acids is 2. The van der Waals surface area contributed by atoms with Crippen molar-refractivity contribution in [3.63, 3.8) is 0 Å². The highest BCUT2D eigenvalue weighted by molar-refractivity contribution is 5.92. The second-order valence-corrected chi connectivity index (χ2v) is 6.05. The van der Waals surface area contributed by atoms with E-state index in [9.17, 15) is 9.59 Å². The van der Waals surface area contributed by atoms with Gasteiger partial charge in [0.25, 0.3) is 0 Å². The summed E-state index contributed by atoms with van der Waals surface area (Å²) >= 11 is 0. The van der Waals surface area contributed by atoms with Crippen molar-refractivity contribution >= 4 is 24.2 Å². The third-order valence-electron chi connectivity index (χ3n) is 4.13. The molecule has 0 aliphatic carbocycles. The molecule has 2 rings (SSSR count). The third kappa shape index (κ3) is 3.59. The Kier molecular flexibility index (Phi) is 5.97. The van der Waals surface area contributed by atoms with Crippen LogP contribution < -0.4 is 5.73 Å². The van der Waals surface area contributed by atoms with E-state index < -0.39 is 5.54 Å². The minimum atomic E-state index is -0.805. The number of piperazine rings is 1. The van der Waals surface area contributed by atoms with E-state index in [0.29, 0.717) is 13.1 Å². The van der Waals surface area contributed by atoms with Gasteiger partial charge in [0.05, 0.1) is 0 Å². The lowest BCUT2D eigenvalue weighted by atomic mass is 9.95. The van der Waals surface area contributed by atoms with Gasteiger partial charge in [-0.15, -0.1) is 12.4 Å². The summed E-state index contributed by atoms with van der Waals surface area (Å²) in [6.45, 7) is 4.69. The van der Waals surface area contributed by atoms with E-state index in [1.165, 1.54) is 0 Å². The highest BCUT2D eigenvalue weighted by atomic mass is 35.5. The molecule has 2 amide bonds. The summed E-state index contributed by atoms with van der Waals surface area (Å²) in [6.07, 6.45) is 0.213. The first-order chi connectivity index (χ1) is 9.84. The first-order valence-electron chi connectivity index (χ1n) is 7.20. The highest BCUT2D eigenvalue weighted by Crippen LogP contribution is 2.24. The van der Waals surface area contributed by atoms with Gasteiger partial charge in [0.1, 0.15) is 5.54 Å². The number of nitrogens with two attached hydrogens (primary N) is 1. The van der Waals surface area contributed by atoms with Crippen LogP contribution in [0.1, 0.15) is 31.9 Å². The Labute approximate surface area is 137 Å². The lowest BCUT2D eigenvalue weighted by molar-refractivity contribution is -0.157. The van der Waals surface area contributed by atoms with Crippen molar-refractivity contribution in [2.75, 3.05) is 20.1 Å². The third-order valence-corrected chi connectivity index (χ3v) is 4.13. The summed E-state index contributed by atoms with van der Waals surface area (Å²) in [4.78, 5) is 28.1. The van der Waals surface area contributed by atoms with Crippen molar-refractivity contribution in [2.24, 2.45) is 5.73 Å². The molecule has 122 valence electrons. The summed E-state index contributed by atoms with van der Waals surface area (Å²) in [5.41, 5.74) is 6.24. The fourth-order valence-electron chi connectivity index (χ4n) is 2.77. The molecule has 22 heavy (non-hydrogen) atoms. The molecule has 0 radical (unpaired) electrons. The van der Waals surface area contributed by atoms with Gasteiger partial charge < -0.3 is 15.5 Å². The molecule has 0 aromatic heterocycles. The van der Waals surface area contributed by atoms with Crippen LogP contribution in [0.3, 0.4) is 0 Å². The van der Waals surface area contributed by atoms with Crippen LogP contribution in [0.25, 0.3) is 0 Å². The predicted molar refractivity (Wildman–Crippen MR) is 88.7 cm³/mol. The summed E-state index contributed by atoms with van der Waals surface area (Å²) in [5.74, 6) is -0.104. The summed E-state index contributed by atoms with van der Waals surface area (Å²) in [5, 5.41) is 0. The Morgan fingerprint density at radius 1 is 1.27 bits per heavy atom. The maximum absolute atomic E-state index is 12.5. The van der Waals surface area contributed by atoms with Crippen LogP contribution in [0.5, 0.6) is 0 Å². The van der Waals surface area contributed by atoms with Crippen LogP contribution in [0.15, 0.2) is 30.3 Å². The molecule has 1 aromatic carbocycles. The van der Waals surface area contributed by atoms with Gasteiger partial charge in [-0.1, -0.05) is 30.3 Å². The zero-order valence-corrected chi connectivity index (χ0v) is 14.1. The van der Waals surface area contributed by atoms with Gasteiger partial charge in [-0.3, -0.25) is 9.59 Å². The number of nitrogens with zero attached hydrogens (tertiary/aromatic N) is 2. The number of carbonyl (C=O) groups is 2. The number of benzene rings is 1. The Morgan fingerprint density at radius 2 is 1.86 bits per heavy atom. The Bertz CT molecular complexity index is 533. The molecule has 6 heteroatoms. The highest BCUT2D eigenvalue weighted by Gasteiger charge is 2.42. The number of hydrogen-bond donors (Lipinski definition) is 1. The second-order valence-electron chi connectivity index (χ2n) is 6.05. The van der Waals surface area contributed by atoms with Crippen LogP contribution in [0, 0.1) is 0 Å². The van der Waals surface area contributed by atoms with Gasteiger partial charge in [0, 0.05) is 32.6 Å². The second kappa shape index (κ2) is 7.11. The molecule has 0 spiro atoms. The maximum Gasteiger partial charge on any atom is 0.247 e. The number of hydrogen-bond acceptors (Lipinski definition) is 3. The van der Waals surface area contributed by atoms with E-state index in [4.69, 9.17) is 5.73 Å². The average Bonchev–Trinajstić information content (AvgIpc) is 2.45. The molecule has 1 unspecified atom stereocenters. The van der Waals surface area contributed by atoms with E-state index in [1.54, 1.807) is 30.7 Å². The number of likely N-dealkylation sites (N-methyl/N-ethyl adjacent to an activating group) is 1. The molecule has 0 saturated carbocycles. The molecular weight excluding hydrogens is 302 g/mol. The molecule has 1 aliphatic heterocycles. The average molecular weight is 326 g/mol. The first-order valence-corrected chi connectivity index (χ1v) is 7.20. The minimum absolute atomic E-state index is 0. The van der Waals surface area contributed by atoms with Crippen molar-refractivity contribution in [2.45, 2.75) is 31.8 Å². The quantitative estimate of drug-likeness (QED) is 0.917. The zero-order valence-electron chi connectivity index (χ0n) is 13.3. The monoisotopic (exact) mass is 325 g/mol. The molecule has 1 atom stereocenters. The molecule has 0 bridgehead atoms. The summed E-state index contributed by atoms with van der Waals surface area (Å²) in [6, 6.07) is 9.21. The van der Waals surface area contributed by atoms with E-state index in [0.717, 1.165) is 5.56 Å². The Morgan fingerprint density at radius 3 is 2.45 bits per heavy atom. The molecular formula is C16H24ClN3O2. The number of halogens is 1. The van der Waals surface area contributed by atoms with Gasteiger partial charge in [-0.05, 0) is 19.4 Å². The van der Waals surface area contributed by atoms with Gasteiger partial charge in [-0.25, -0.2) is 0 Å². The van der Waals surface area contributed by atoms with Gasteiger partial charge in [0.2, 0.25) is 11.8 Å². The number of rotatable bonds is 3. The Balaban J connectivity index is 0.00000242. The van der Waals surface area contributed by atoms with Crippen molar-refractivity contribution in [3.05, 3.63) is 35.9 Å². The van der Waals surface area contributed by atoms with Crippen LogP contribution in [0.4, 0.5) is 0 Å². The van der Waals surface area contributed by atoms with E-state index in [-0.39, 0.29) is 36.7 Å². The number of amides is 2. The molecule has 1 aliphatic rings. The fraction of sp³-hybridized carbons (Fsp3) is 0.500. The molecule has 1 fully saturated rings. The normalized spacial score (nSPS) is 18.6. The van der Waals surface area contributed by atoms with Gasteiger partial charge in [0.15, 0.2) is 0 Å². The van der Waals surface area contributed by atoms with Crippen molar-refractivity contribution < 1.29 is 9.59 Å². The molecule has 1 saturated heterocycles. The summed E-state index contributed by atoms with van der Waals surface area (Å²) in [7, 11) is 1.77. The molecule has 1 aromatic rings. The minimum Gasteiger partial charge on any atom is -0.342 e. The molecule has 2 N–H and O–H groups in total. The first kappa shape index (κ1) is 18.5.